The molecule has 0 unspecified atom stereocenters. The van der Waals surface area contributed by atoms with Crippen LogP contribution in [0.3, 0.4) is 0 Å². The average Bonchev–Trinajstić information content (AvgIpc) is 3.55. The Balaban J connectivity index is 1.73. The maximum atomic E-state index is 6.05. The zero-order valence-electron chi connectivity index (χ0n) is 20.0. The second kappa shape index (κ2) is 10.3. The number of aryl methyl sites for hydroxylation is 1. The first-order valence-electron chi connectivity index (χ1n) is 11.8. The van der Waals surface area contributed by atoms with Crippen molar-refractivity contribution in [1.29, 1.82) is 0 Å². The molecule has 182 valence electrons. The van der Waals surface area contributed by atoms with Gasteiger partial charge in [-0.25, -0.2) is 0 Å². The van der Waals surface area contributed by atoms with Crippen molar-refractivity contribution in [2.24, 2.45) is 3.95 Å². The van der Waals surface area contributed by atoms with Gasteiger partial charge in [-0.15, -0.1) is 0 Å². The number of ether oxygens (including phenoxy) is 4. The van der Waals surface area contributed by atoms with Gasteiger partial charge in [0.1, 0.15) is 0 Å². The number of hydrogen-bond donors (Lipinski definition) is 1. The zero-order chi connectivity index (χ0) is 24.4. The third kappa shape index (κ3) is 4.65. The Bertz CT molecular complexity index is 1410. The molecular weight excluding hydrogens is 553 g/mol. The molecule has 3 aromatic rings. The Hall–Kier alpha value is -2.97. The molecule has 0 fully saturated rings. The van der Waals surface area contributed by atoms with E-state index < -0.39 is 21.5 Å². The fraction of sp³-hybridized carbons (Fsp3) is 0.241. The van der Waals surface area contributed by atoms with Gasteiger partial charge in [0.05, 0.1) is 0 Å². The van der Waals surface area contributed by atoms with E-state index >= 15 is 0 Å². The van der Waals surface area contributed by atoms with Gasteiger partial charge >= 0.3 is 217 Å². The molecule has 0 radical (unpaired) electrons. The fourth-order valence-electron chi connectivity index (χ4n) is 4.73. The van der Waals surface area contributed by atoms with Gasteiger partial charge in [-0.05, 0) is 0 Å². The van der Waals surface area contributed by atoms with Crippen LogP contribution in [-0.2, 0) is 12.8 Å². The Morgan fingerprint density at radius 3 is 2.54 bits per heavy atom. The molecule has 0 amide bonds. The number of nitrogens with two attached hydrogens (primary N) is 1. The van der Waals surface area contributed by atoms with E-state index in [4.69, 9.17) is 22.9 Å². The van der Waals surface area contributed by atoms with Gasteiger partial charge in [0.25, 0.3) is 0 Å². The first-order chi connectivity index (χ1) is 17.1. The molecular formula is C29H29INO4-. The maximum absolute atomic E-state index is 6.05. The van der Waals surface area contributed by atoms with Crippen LogP contribution < -0.4 is 54.8 Å². The van der Waals surface area contributed by atoms with Crippen molar-refractivity contribution in [2.45, 2.75) is 33.1 Å². The molecule has 0 bridgehead atoms. The van der Waals surface area contributed by atoms with Crippen molar-refractivity contribution >= 4 is 17.2 Å². The van der Waals surface area contributed by atoms with Crippen molar-refractivity contribution in [3.63, 3.8) is 0 Å². The van der Waals surface area contributed by atoms with Gasteiger partial charge in [-0.2, -0.15) is 0 Å². The van der Waals surface area contributed by atoms with Gasteiger partial charge < -0.3 is 0 Å². The molecule has 0 saturated heterocycles. The summed E-state index contributed by atoms with van der Waals surface area (Å²) in [5.74, 6) is 3.13. The fourth-order valence-corrected chi connectivity index (χ4v) is 5.73. The quantitative estimate of drug-likeness (QED) is 0.335. The summed E-state index contributed by atoms with van der Waals surface area (Å²) in [5.41, 5.74) is 5.62. The third-order valence-electron chi connectivity index (χ3n) is 6.39. The number of benzene rings is 3. The van der Waals surface area contributed by atoms with Gasteiger partial charge in [0.15, 0.2) is 0 Å². The molecule has 5 nitrogen and oxygen atoms in total. The Morgan fingerprint density at radius 2 is 1.77 bits per heavy atom. The monoisotopic (exact) mass is 582 g/mol. The summed E-state index contributed by atoms with van der Waals surface area (Å²) in [6, 6.07) is 16.9. The van der Waals surface area contributed by atoms with Crippen molar-refractivity contribution in [3.05, 3.63) is 85.8 Å². The van der Waals surface area contributed by atoms with E-state index in [1.54, 1.807) is 0 Å². The molecule has 6 heteroatoms. The molecule has 0 spiro atoms. The molecule has 2 N–H and O–H groups in total. The van der Waals surface area contributed by atoms with Gasteiger partial charge in [-0.3, -0.25) is 0 Å². The predicted octanol–water partition coefficient (Wildman–Crippen LogP) is 1.14. The van der Waals surface area contributed by atoms with E-state index in [9.17, 15) is 0 Å². The van der Waals surface area contributed by atoms with E-state index in [1.165, 1.54) is 14.7 Å². The summed E-state index contributed by atoms with van der Waals surface area (Å²) < 4.78 is 30.2. The van der Waals surface area contributed by atoms with E-state index in [2.05, 4.69) is 62.0 Å². The third-order valence-corrected chi connectivity index (χ3v) is 7.78. The predicted molar refractivity (Wildman–Crippen MR) is 134 cm³/mol. The second-order valence-corrected chi connectivity index (χ2v) is 10.4. The minimum atomic E-state index is -0.482. The van der Waals surface area contributed by atoms with Crippen LogP contribution in [0.1, 0.15) is 37.0 Å². The number of fused-ring (bicyclic) bond motifs is 2. The topological polar surface area (TPSA) is 62.9 Å². The SMILES string of the molecule is C=C(/C(Cc1cccc([I-]N)c1)=c1/ccc2c(/c1=C/C)OCO2)c1cc2c(cc1CCC)OCO2. The molecule has 5 rings (SSSR count). The average molecular weight is 582 g/mol. The molecule has 0 atom stereocenters. The van der Waals surface area contributed by atoms with Crippen molar-refractivity contribution in [3.8, 4) is 23.0 Å². The molecule has 35 heavy (non-hydrogen) atoms. The molecule has 0 saturated carbocycles. The number of halogens is 1. The van der Waals surface area contributed by atoms with Gasteiger partial charge in [-0.1, -0.05) is 0 Å². The summed E-state index contributed by atoms with van der Waals surface area (Å²) >= 11 is -0.482. The molecule has 0 aromatic heterocycles. The Morgan fingerprint density at radius 1 is 1.00 bits per heavy atom. The normalized spacial score (nSPS) is 15.0. The van der Waals surface area contributed by atoms with Crippen LogP contribution >= 0.6 is 0 Å². The minimum absolute atomic E-state index is 0.237. The first kappa shape index (κ1) is 23.8. The molecule has 0 aliphatic carbocycles. The van der Waals surface area contributed by atoms with E-state index in [0.717, 1.165) is 69.4 Å². The van der Waals surface area contributed by atoms with E-state index in [0.29, 0.717) is 0 Å². The number of allylic oxidation sites excluding steroid dienone is 1. The molecule has 2 aliphatic rings. The summed E-state index contributed by atoms with van der Waals surface area (Å²) in [4.78, 5) is 0. The first-order valence-corrected chi connectivity index (χ1v) is 14.1. The summed E-state index contributed by atoms with van der Waals surface area (Å²) in [5, 5.41) is 2.12. The second-order valence-electron chi connectivity index (χ2n) is 8.53. The molecule has 3 aromatic carbocycles. The van der Waals surface area contributed by atoms with Crippen LogP contribution in [-0.4, -0.2) is 13.6 Å². The van der Waals surface area contributed by atoms with Crippen molar-refractivity contribution in [1.82, 2.24) is 0 Å². The van der Waals surface area contributed by atoms with E-state index in [1.807, 2.05) is 13.0 Å². The number of hydrogen-bond acceptors (Lipinski definition) is 5. The summed E-state index contributed by atoms with van der Waals surface area (Å²) in [6.07, 6.45) is 4.76. The van der Waals surface area contributed by atoms with Crippen LogP contribution in [0.4, 0.5) is 0 Å². The van der Waals surface area contributed by atoms with Crippen LogP contribution in [0.25, 0.3) is 17.2 Å². The zero-order valence-corrected chi connectivity index (χ0v) is 22.2. The van der Waals surface area contributed by atoms with Gasteiger partial charge in [0.2, 0.25) is 0 Å². The van der Waals surface area contributed by atoms with Crippen molar-refractivity contribution in [2.75, 3.05) is 13.6 Å². The summed E-state index contributed by atoms with van der Waals surface area (Å²) in [7, 11) is 0. The van der Waals surface area contributed by atoms with Crippen LogP contribution in [0, 0.1) is 3.57 Å². The van der Waals surface area contributed by atoms with Crippen LogP contribution in [0.5, 0.6) is 23.0 Å². The van der Waals surface area contributed by atoms with Gasteiger partial charge in [0, 0.05) is 0 Å². The van der Waals surface area contributed by atoms with Crippen molar-refractivity contribution < 1.29 is 40.4 Å². The molecule has 2 heterocycles. The van der Waals surface area contributed by atoms with Crippen LogP contribution in [0.15, 0.2) is 55.1 Å². The van der Waals surface area contributed by atoms with Crippen LogP contribution in [0.2, 0.25) is 0 Å². The Labute approximate surface area is 216 Å². The standard InChI is InChI=1S/C29H29INO4/c1-4-7-20-14-27-28(34-16-33-27)15-24(20)18(3)25(13-19-8-6-9-21(12-19)30-31)23-10-11-26-29(22(23)5-2)35-17-32-26/h5-6,8-12,14-15H,3-4,7,13,16-17,31H2,1-2H3/q-1/b22-5+,25-23-. The Kier molecular flexibility index (Phi) is 7.02. The number of rotatable bonds is 7. The molecule has 2 aliphatic heterocycles. The summed E-state index contributed by atoms with van der Waals surface area (Å²) in [6.45, 7) is 9.34. The van der Waals surface area contributed by atoms with E-state index in [-0.39, 0.29) is 13.6 Å².